The van der Waals surface area contributed by atoms with Crippen molar-refractivity contribution in [1.82, 2.24) is 5.32 Å². The van der Waals surface area contributed by atoms with Crippen LogP contribution in [-0.4, -0.2) is 29.5 Å². The molecule has 2 atom stereocenters. The number of benzene rings is 1. The number of methoxy groups -OCH3 is 1. The molecule has 0 aromatic heterocycles. The minimum atomic E-state index is -1.28. The zero-order valence-corrected chi connectivity index (χ0v) is 14.5. The van der Waals surface area contributed by atoms with Crippen LogP contribution < -0.4 is 10.1 Å². The topological polar surface area (TPSA) is 75.6 Å². The van der Waals surface area contributed by atoms with E-state index in [1.807, 2.05) is 0 Å². The van der Waals surface area contributed by atoms with Gasteiger partial charge in [0.05, 0.1) is 18.1 Å². The van der Waals surface area contributed by atoms with Crippen molar-refractivity contribution in [3.05, 3.63) is 53.8 Å². The SMILES string of the molecule is COc1ccccc1C(=O)NC1=CC(C(=O)O)(C(C)C)C(Cl)C=C1. The van der Waals surface area contributed by atoms with Crippen LogP contribution in [0, 0.1) is 11.3 Å². The van der Waals surface area contributed by atoms with Crippen molar-refractivity contribution >= 4 is 23.5 Å². The smallest absolute Gasteiger partial charge is 0.315 e. The monoisotopic (exact) mass is 349 g/mol. The largest absolute Gasteiger partial charge is 0.496 e. The third-order valence-electron chi connectivity index (χ3n) is 4.23. The molecule has 0 heterocycles. The van der Waals surface area contributed by atoms with Crippen molar-refractivity contribution < 1.29 is 19.4 Å². The maximum atomic E-state index is 12.5. The van der Waals surface area contributed by atoms with Gasteiger partial charge < -0.3 is 15.2 Å². The van der Waals surface area contributed by atoms with E-state index < -0.39 is 16.8 Å². The van der Waals surface area contributed by atoms with Crippen molar-refractivity contribution in [3.8, 4) is 5.75 Å². The van der Waals surface area contributed by atoms with Crippen molar-refractivity contribution in [2.45, 2.75) is 19.2 Å². The molecular formula is C18H20ClNO4. The lowest BCUT2D eigenvalue weighted by molar-refractivity contribution is -0.148. The molecule has 2 unspecified atom stereocenters. The molecule has 2 rings (SSSR count). The van der Waals surface area contributed by atoms with Gasteiger partial charge in [0, 0.05) is 5.70 Å². The first kappa shape index (κ1) is 18.1. The number of carboxylic acid groups (broad SMARTS) is 1. The van der Waals surface area contributed by atoms with E-state index in [1.165, 1.54) is 13.2 Å². The first-order valence-electron chi connectivity index (χ1n) is 7.55. The number of carbonyl (C=O) groups is 2. The molecule has 1 aliphatic carbocycles. The molecule has 1 amide bonds. The van der Waals surface area contributed by atoms with E-state index >= 15 is 0 Å². The Morgan fingerprint density at radius 2 is 2.00 bits per heavy atom. The number of nitrogens with one attached hydrogen (secondary N) is 1. The van der Waals surface area contributed by atoms with Gasteiger partial charge in [-0.05, 0) is 30.2 Å². The normalized spacial score (nSPS) is 22.9. The molecule has 0 bridgehead atoms. The van der Waals surface area contributed by atoms with E-state index in [-0.39, 0.29) is 11.8 Å². The number of carbonyl (C=O) groups excluding carboxylic acids is 1. The standard InChI is InChI=1S/C18H20ClNO4/c1-11(2)18(17(22)23)10-12(8-9-15(18)19)20-16(21)13-6-4-5-7-14(13)24-3/h4-11,15H,1-3H3,(H,20,21)(H,22,23). The molecule has 24 heavy (non-hydrogen) atoms. The van der Waals surface area contributed by atoms with Crippen LogP contribution in [-0.2, 0) is 4.79 Å². The summed E-state index contributed by atoms with van der Waals surface area (Å²) in [6, 6.07) is 6.82. The predicted octanol–water partition coefficient (Wildman–Crippen LogP) is 3.21. The van der Waals surface area contributed by atoms with Gasteiger partial charge >= 0.3 is 5.97 Å². The summed E-state index contributed by atoms with van der Waals surface area (Å²) in [7, 11) is 1.48. The zero-order valence-electron chi connectivity index (χ0n) is 13.7. The molecule has 0 spiro atoms. The van der Waals surface area contributed by atoms with Gasteiger partial charge in [-0.15, -0.1) is 11.6 Å². The second-order valence-electron chi connectivity index (χ2n) is 5.91. The molecule has 1 aliphatic rings. The fraction of sp³-hybridized carbons (Fsp3) is 0.333. The number of halogens is 1. The van der Waals surface area contributed by atoms with Crippen LogP contribution in [0.5, 0.6) is 5.75 Å². The second kappa shape index (κ2) is 7.09. The van der Waals surface area contributed by atoms with Crippen molar-refractivity contribution in [3.63, 3.8) is 0 Å². The summed E-state index contributed by atoms with van der Waals surface area (Å²) in [4.78, 5) is 24.3. The molecule has 0 aliphatic heterocycles. The number of para-hydroxylation sites is 1. The highest BCUT2D eigenvalue weighted by Gasteiger charge is 2.47. The zero-order chi connectivity index (χ0) is 17.9. The number of alkyl halides is 1. The van der Waals surface area contributed by atoms with E-state index in [0.717, 1.165) is 0 Å². The number of carboxylic acids is 1. The molecule has 0 radical (unpaired) electrons. The van der Waals surface area contributed by atoms with E-state index in [2.05, 4.69) is 5.32 Å². The summed E-state index contributed by atoms with van der Waals surface area (Å²) in [5, 5.41) is 11.7. The molecule has 0 saturated heterocycles. The second-order valence-corrected chi connectivity index (χ2v) is 6.38. The maximum Gasteiger partial charge on any atom is 0.315 e. The number of hydrogen-bond donors (Lipinski definition) is 2. The van der Waals surface area contributed by atoms with Gasteiger partial charge in [-0.25, -0.2) is 0 Å². The van der Waals surface area contributed by atoms with Gasteiger partial charge in [0.2, 0.25) is 0 Å². The first-order valence-corrected chi connectivity index (χ1v) is 7.99. The Kier molecular flexibility index (Phi) is 5.34. The van der Waals surface area contributed by atoms with Gasteiger partial charge in [-0.3, -0.25) is 9.59 Å². The highest BCUT2D eigenvalue weighted by atomic mass is 35.5. The third-order valence-corrected chi connectivity index (χ3v) is 4.74. The number of ether oxygens (including phenoxy) is 1. The number of hydrogen-bond acceptors (Lipinski definition) is 3. The first-order chi connectivity index (χ1) is 11.3. The summed E-state index contributed by atoms with van der Waals surface area (Å²) in [6.07, 6.45) is 4.73. The molecule has 0 saturated carbocycles. The highest BCUT2D eigenvalue weighted by molar-refractivity contribution is 6.24. The van der Waals surface area contributed by atoms with Gasteiger partial charge in [0.1, 0.15) is 11.2 Å². The lowest BCUT2D eigenvalue weighted by Crippen LogP contribution is -2.44. The van der Waals surface area contributed by atoms with Gasteiger partial charge in [0.15, 0.2) is 0 Å². The van der Waals surface area contributed by atoms with E-state index in [1.54, 1.807) is 50.3 Å². The minimum absolute atomic E-state index is 0.249. The fourth-order valence-corrected chi connectivity index (χ4v) is 3.23. The molecule has 1 aromatic carbocycles. The van der Waals surface area contributed by atoms with Crippen LogP contribution in [0.2, 0.25) is 0 Å². The van der Waals surface area contributed by atoms with E-state index in [9.17, 15) is 14.7 Å². The molecule has 128 valence electrons. The lowest BCUT2D eigenvalue weighted by Gasteiger charge is -2.36. The van der Waals surface area contributed by atoms with Crippen molar-refractivity contribution in [1.29, 1.82) is 0 Å². The molecular weight excluding hydrogens is 330 g/mol. The predicted molar refractivity (Wildman–Crippen MR) is 92.2 cm³/mol. The number of rotatable bonds is 5. The van der Waals surface area contributed by atoms with Crippen LogP contribution in [0.25, 0.3) is 0 Å². The van der Waals surface area contributed by atoms with Crippen LogP contribution in [0.15, 0.2) is 48.2 Å². The number of allylic oxidation sites excluding steroid dienone is 2. The summed E-state index contributed by atoms with van der Waals surface area (Å²) in [5.41, 5.74) is -0.508. The maximum absolute atomic E-state index is 12.5. The minimum Gasteiger partial charge on any atom is -0.496 e. The Labute approximate surface area is 146 Å². The highest BCUT2D eigenvalue weighted by Crippen LogP contribution is 2.41. The van der Waals surface area contributed by atoms with E-state index in [0.29, 0.717) is 17.0 Å². The lowest BCUT2D eigenvalue weighted by atomic mass is 9.71. The number of aliphatic carboxylic acids is 1. The van der Waals surface area contributed by atoms with E-state index in [4.69, 9.17) is 16.3 Å². The van der Waals surface area contributed by atoms with Crippen molar-refractivity contribution in [2.75, 3.05) is 7.11 Å². The van der Waals surface area contributed by atoms with Crippen LogP contribution >= 0.6 is 11.6 Å². The Morgan fingerprint density at radius 3 is 2.58 bits per heavy atom. The average molecular weight is 350 g/mol. The fourth-order valence-electron chi connectivity index (χ4n) is 2.75. The van der Waals surface area contributed by atoms with Gasteiger partial charge in [-0.2, -0.15) is 0 Å². The Balaban J connectivity index is 2.34. The molecule has 0 fully saturated rings. The Bertz CT molecular complexity index is 711. The quantitative estimate of drug-likeness (QED) is 0.800. The third kappa shape index (κ3) is 3.17. The molecule has 1 aromatic rings. The summed E-state index contributed by atoms with van der Waals surface area (Å²) in [5.74, 6) is -1.20. The molecule has 6 heteroatoms. The molecule has 2 N–H and O–H groups in total. The molecule has 5 nitrogen and oxygen atoms in total. The van der Waals surface area contributed by atoms with Crippen LogP contribution in [0.3, 0.4) is 0 Å². The van der Waals surface area contributed by atoms with Crippen LogP contribution in [0.1, 0.15) is 24.2 Å². The van der Waals surface area contributed by atoms with Gasteiger partial charge in [-0.1, -0.05) is 32.1 Å². The average Bonchev–Trinajstić information content (AvgIpc) is 2.55. The van der Waals surface area contributed by atoms with Crippen molar-refractivity contribution in [2.24, 2.45) is 11.3 Å². The summed E-state index contributed by atoms with van der Waals surface area (Å²) in [6.45, 7) is 3.58. The summed E-state index contributed by atoms with van der Waals surface area (Å²) >= 11 is 6.25. The van der Waals surface area contributed by atoms with Crippen LogP contribution in [0.4, 0.5) is 0 Å². The van der Waals surface area contributed by atoms with Gasteiger partial charge in [0.25, 0.3) is 5.91 Å². The number of amides is 1. The Hall–Kier alpha value is -2.27. The summed E-state index contributed by atoms with van der Waals surface area (Å²) < 4.78 is 5.18. The Morgan fingerprint density at radius 1 is 1.33 bits per heavy atom.